The van der Waals surface area contributed by atoms with Gasteiger partial charge in [0.1, 0.15) is 59.1 Å². The van der Waals surface area contributed by atoms with Crippen molar-refractivity contribution in [3.05, 3.63) is 40.6 Å². The van der Waals surface area contributed by atoms with Crippen molar-refractivity contribution in [3.63, 3.8) is 0 Å². The van der Waals surface area contributed by atoms with E-state index in [0.717, 1.165) is 24.3 Å². The Hall–Kier alpha value is -4.20. The Morgan fingerprint density at radius 1 is 0.791 bits per heavy atom. The van der Waals surface area contributed by atoms with E-state index >= 15 is 0 Å². The highest BCUT2D eigenvalue weighted by atomic mass is 16.8. The third-order valence-corrected chi connectivity index (χ3v) is 6.92. The molecule has 2 aromatic carbocycles. The number of hydrogen-bond donors (Lipinski definition) is 10. The second-order valence-electron chi connectivity index (χ2n) is 9.79. The Morgan fingerprint density at radius 2 is 1.49 bits per heavy atom. The van der Waals surface area contributed by atoms with Gasteiger partial charge in [-0.25, -0.2) is 4.79 Å². The number of carbonyl (C=O) groups is 1. The first kappa shape index (κ1) is 30.3. The SMILES string of the molecule is O=C(O[C@@H]1O[C@H](CO)[C@H](O)[C@H]1O)[C@H]1O[C@@H](Oc2c(-c3ccc(O)c(O)c3)oc3cc(O)cc(O)c3c2=O)[C@H](O)[C@@H](O)[C@@H]1O. The number of hydrogen-bond acceptors (Lipinski definition) is 17. The Morgan fingerprint density at radius 3 is 2.14 bits per heavy atom. The molecule has 2 aliphatic rings. The predicted octanol–water partition coefficient (Wildman–Crippen LogP) is -2.55. The Balaban J connectivity index is 1.51. The van der Waals surface area contributed by atoms with Crippen molar-refractivity contribution < 1.29 is 79.2 Å². The minimum atomic E-state index is -2.15. The zero-order valence-electron chi connectivity index (χ0n) is 21.6. The van der Waals surface area contributed by atoms with Gasteiger partial charge in [0.2, 0.25) is 23.8 Å². The normalized spacial score (nSPS) is 30.8. The Labute approximate surface area is 239 Å². The Kier molecular flexibility index (Phi) is 8.07. The molecule has 10 N–H and O–H groups in total. The number of aliphatic hydroxyl groups excluding tert-OH is 6. The van der Waals surface area contributed by atoms with Crippen LogP contribution in [-0.4, -0.2) is 119 Å². The van der Waals surface area contributed by atoms with Crippen LogP contribution in [-0.2, 0) is 19.0 Å². The number of aromatic hydroxyl groups is 4. The molecule has 2 saturated heterocycles. The molecule has 0 amide bonds. The fourth-order valence-electron chi connectivity index (χ4n) is 4.63. The van der Waals surface area contributed by atoms with Gasteiger partial charge in [0, 0.05) is 17.7 Å². The number of fused-ring (bicyclic) bond motifs is 1. The first-order chi connectivity index (χ1) is 20.3. The molecular formula is C26H26O17. The standard InChI is InChI=1S/C26H26O17/c27-6-13-15(32)19(36)25(40-13)43-24(38)23-18(35)17(34)20(37)26(42-23)41-22-16(33)14-11(31)4-8(28)5-12(14)39-21(22)7-1-2-9(29)10(30)3-7/h1-5,13,15,17-20,23,25-32,34-37H,6H2/t13-,15+,17+,18+,19-,20-,23+,25+,26-/m1/s1. The number of benzene rings is 2. The molecule has 232 valence electrons. The van der Waals surface area contributed by atoms with Crippen LogP contribution in [0.5, 0.6) is 28.7 Å². The molecule has 0 aliphatic carbocycles. The number of esters is 1. The summed E-state index contributed by atoms with van der Waals surface area (Å²) in [6.45, 7) is -0.736. The van der Waals surface area contributed by atoms with E-state index in [1.807, 2.05) is 0 Å². The second-order valence-corrected chi connectivity index (χ2v) is 9.79. The molecule has 0 saturated carbocycles. The number of aliphatic hydroxyl groups is 6. The molecule has 17 nitrogen and oxygen atoms in total. The molecule has 9 atom stereocenters. The molecule has 0 bridgehead atoms. The quantitative estimate of drug-likeness (QED) is 0.101. The first-order valence-electron chi connectivity index (χ1n) is 12.6. The zero-order valence-corrected chi connectivity index (χ0v) is 21.6. The molecular weight excluding hydrogens is 584 g/mol. The maximum atomic E-state index is 13.5. The first-order valence-corrected chi connectivity index (χ1v) is 12.6. The largest absolute Gasteiger partial charge is 0.508 e. The van der Waals surface area contributed by atoms with Crippen LogP contribution in [0, 0.1) is 0 Å². The van der Waals surface area contributed by atoms with Gasteiger partial charge in [-0.15, -0.1) is 0 Å². The third kappa shape index (κ3) is 5.39. The van der Waals surface area contributed by atoms with E-state index in [9.17, 15) is 60.7 Å². The van der Waals surface area contributed by atoms with Crippen molar-refractivity contribution in [3.8, 4) is 40.1 Å². The van der Waals surface area contributed by atoms with Crippen molar-refractivity contribution in [2.24, 2.45) is 0 Å². The number of phenolic OH excluding ortho intramolecular Hbond substituents is 4. The summed E-state index contributed by atoms with van der Waals surface area (Å²) < 4.78 is 26.6. The van der Waals surface area contributed by atoms with Crippen LogP contribution in [0.25, 0.3) is 22.3 Å². The number of carbonyl (C=O) groups excluding carboxylic acids is 1. The minimum Gasteiger partial charge on any atom is -0.508 e. The van der Waals surface area contributed by atoms with Crippen LogP contribution in [0.4, 0.5) is 0 Å². The zero-order chi connectivity index (χ0) is 31.3. The summed E-state index contributed by atoms with van der Waals surface area (Å²) in [7, 11) is 0. The van der Waals surface area contributed by atoms with Crippen LogP contribution in [0.2, 0.25) is 0 Å². The molecule has 5 rings (SSSR count). The molecule has 43 heavy (non-hydrogen) atoms. The lowest BCUT2D eigenvalue weighted by atomic mass is 9.99. The number of ether oxygens (including phenoxy) is 4. The second kappa shape index (κ2) is 11.5. The average molecular weight is 610 g/mol. The maximum Gasteiger partial charge on any atom is 0.340 e. The van der Waals surface area contributed by atoms with Gasteiger partial charge in [0.05, 0.1) is 6.61 Å². The van der Waals surface area contributed by atoms with E-state index in [1.54, 1.807) is 0 Å². The molecule has 0 spiro atoms. The smallest absolute Gasteiger partial charge is 0.340 e. The minimum absolute atomic E-state index is 0.0988. The summed E-state index contributed by atoms with van der Waals surface area (Å²) in [6, 6.07) is 5.00. The monoisotopic (exact) mass is 610 g/mol. The molecule has 2 fully saturated rings. The van der Waals surface area contributed by atoms with Gasteiger partial charge >= 0.3 is 5.97 Å². The van der Waals surface area contributed by atoms with Crippen molar-refractivity contribution in [2.75, 3.05) is 6.61 Å². The molecule has 2 aliphatic heterocycles. The molecule has 0 radical (unpaired) electrons. The maximum absolute atomic E-state index is 13.5. The van der Waals surface area contributed by atoms with Gasteiger partial charge in [-0.1, -0.05) is 0 Å². The summed E-state index contributed by atoms with van der Waals surface area (Å²) in [6.07, 6.45) is -17.2. The average Bonchev–Trinajstić information content (AvgIpc) is 3.23. The van der Waals surface area contributed by atoms with Crippen molar-refractivity contribution in [2.45, 2.75) is 55.3 Å². The summed E-state index contributed by atoms with van der Waals surface area (Å²) in [4.78, 5) is 26.4. The van der Waals surface area contributed by atoms with E-state index in [2.05, 4.69) is 0 Å². The summed E-state index contributed by atoms with van der Waals surface area (Å²) in [5, 5.41) is 100. The lowest BCUT2D eigenvalue weighted by molar-refractivity contribution is -0.279. The van der Waals surface area contributed by atoms with Gasteiger partial charge in [-0.2, -0.15) is 0 Å². The fourth-order valence-corrected chi connectivity index (χ4v) is 4.63. The highest BCUT2D eigenvalue weighted by Gasteiger charge is 2.51. The summed E-state index contributed by atoms with van der Waals surface area (Å²) in [5.41, 5.74) is -1.56. The third-order valence-electron chi connectivity index (χ3n) is 6.92. The summed E-state index contributed by atoms with van der Waals surface area (Å²) in [5.74, 6) is -5.17. The molecule has 1 aromatic heterocycles. The van der Waals surface area contributed by atoms with Gasteiger partial charge in [0.25, 0.3) is 0 Å². The molecule has 17 heteroatoms. The topological polar surface area (TPSA) is 286 Å². The predicted molar refractivity (Wildman–Crippen MR) is 136 cm³/mol. The van der Waals surface area contributed by atoms with Crippen LogP contribution in [0.15, 0.2) is 39.5 Å². The van der Waals surface area contributed by atoms with Gasteiger partial charge < -0.3 is 74.4 Å². The molecule has 3 heterocycles. The lowest BCUT2D eigenvalue weighted by Crippen LogP contribution is -2.62. The number of phenols is 4. The van der Waals surface area contributed by atoms with E-state index in [0.29, 0.717) is 0 Å². The van der Waals surface area contributed by atoms with Crippen LogP contribution in [0.3, 0.4) is 0 Å². The van der Waals surface area contributed by atoms with Gasteiger partial charge in [0.15, 0.2) is 23.4 Å². The van der Waals surface area contributed by atoms with Crippen molar-refractivity contribution >= 4 is 16.9 Å². The van der Waals surface area contributed by atoms with Crippen LogP contribution < -0.4 is 10.2 Å². The van der Waals surface area contributed by atoms with Crippen molar-refractivity contribution in [1.29, 1.82) is 0 Å². The van der Waals surface area contributed by atoms with Gasteiger partial charge in [-0.3, -0.25) is 4.79 Å². The van der Waals surface area contributed by atoms with Crippen LogP contribution in [0.1, 0.15) is 0 Å². The number of rotatable bonds is 6. The Bertz CT molecular complexity index is 1590. The van der Waals surface area contributed by atoms with E-state index in [1.165, 1.54) is 6.07 Å². The highest BCUT2D eigenvalue weighted by molar-refractivity contribution is 5.88. The van der Waals surface area contributed by atoms with E-state index < -0.39 is 113 Å². The molecule has 3 aromatic rings. The van der Waals surface area contributed by atoms with Gasteiger partial charge in [-0.05, 0) is 18.2 Å². The van der Waals surface area contributed by atoms with Crippen molar-refractivity contribution in [1.82, 2.24) is 0 Å². The molecule has 0 unspecified atom stereocenters. The van der Waals surface area contributed by atoms with E-state index in [4.69, 9.17) is 23.4 Å². The van der Waals surface area contributed by atoms with Crippen LogP contribution >= 0.6 is 0 Å². The highest BCUT2D eigenvalue weighted by Crippen LogP contribution is 2.39. The fraction of sp³-hybridized carbons (Fsp3) is 0.385. The summed E-state index contributed by atoms with van der Waals surface area (Å²) >= 11 is 0. The van der Waals surface area contributed by atoms with E-state index in [-0.39, 0.29) is 11.1 Å². The lowest BCUT2D eigenvalue weighted by Gasteiger charge is -2.39.